The van der Waals surface area contributed by atoms with Gasteiger partial charge in [0.2, 0.25) is 0 Å². The van der Waals surface area contributed by atoms with E-state index in [2.05, 4.69) is 74.3 Å². The first kappa shape index (κ1) is 22.9. The van der Waals surface area contributed by atoms with Crippen molar-refractivity contribution < 1.29 is 26.1 Å². The van der Waals surface area contributed by atoms with Crippen LogP contribution in [0.5, 0.6) is 0 Å². The van der Waals surface area contributed by atoms with E-state index in [-0.39, 0.29) is 0 Å². The molecule has 0 N–H and O–H groups in total. The monoisotopic (exact) mass is 432 g/mol. The van der Waals surface area contributed by atoms with Crippen LogP contribution in [0.3, 0.4) is 0 Å². The molecule has 0 bridgehead atoms. The molecule has 3 rings (SSSR count). The molecule has 8 heteroatoms. The average molecular weight is 432 g/mol. The van der Waals surface area contributed by atoms with Gasteiger partial charge < -0.3 is 4.55 Å². The molecule has 2 aromatic rings. The lowest BCUT2D eigenvalue weighted by Gasteiger charge is -2.30. The van der Waals surface area contributed by atoms with Crippen molar-refractivity contribution in [3.05, 3.63) is 71.8 Å². The molecular formula is C20H24F3O3PS. The molecule has 2 aromatic carbocycles. The number of benzene rings is 2. The summed E-state index contributed by atoms with van der Waals surface area (Å²) in [5.74, 6) is 0. The Hall–Kier alpha value is -1.43. The van der Waals surface area contributed by atoms with Gasteiger partial charge in [-0.05, 0) is 30.9 Å². The van der Waals surface area contributed by atoms with Gasteiger partial charge in [-0.2, -0.15) is 13.2 Å². The molecule has 0 spiro atoms. The Labute approximate surface area is 165 Å². The van der Waals surface area contributed by atoms with Crippen molar-refractivity contribution >= 4 is 17.4 Å². The van der Waals surface area contributed by atoms with Gasteiger partial charge in [0.25, 0.3) is 0 Å². The Morgan fingerprint density at radius 1 is 0.929 bits per heavy atom. The van der Waals surface area contributed by atoms with E-state index >= 15 is 0 Å². The molecular weight excluding hydrogens is 408 g/mol. The number of alkyl halides is 3. The molecule has 0 radical (unpaired) electrons. The van der Waals surface area contributed by atoms with Gasteiger partial charge in [0.15, 0.2) is 10.1 Å². The van der Waals surface area contributed by atoms with Crippen LogP contribution >= 0.6 is 7.26 Å². The van der Waals surface area contributed by atoms with Gasteiger partial charge in [-0.25, -0.2) is 8.42 Å². The molecule has 154 valence electrons. The summed E-state index contributed by atoms with van der Waals surface area (Å²) in [6.07, 6.45) is 4.08. The fourth-order valence-corrected chi connectivity index (χ4v) is 8.43. The summed E-state index contributed by atoms with van der Waals surface area (Å²) in [5.41, 5.74) is -0.891. The molecule has 28 heavy (non-hydrogen) atoms. The molecule has 3 nitrogen and oxygen atoms in total. The highest BCUT2D eigenvalue weighted by atomic mass is 32.2. The van der Waals surface area contributed by atoms with Crippen molar-refractivity contribution in [1.29, 1.82) is 0 Å². The maximum atomic E-state index is 10.7. The predicted octanol–water partition coefficient (Wildman–Crippen LogP) is 5.98. The third-order valence-corrected chi connectivity index (χ3v) is 11.4. The van der Waals surface area contributed by atoms with E-state index in [1.807, 2.05) is 0 Å². The van der Waals surface area contributed by atoms with E-state index in [0.29, 0.717) is 0 Å². The lowest BCUT2D eigenvalue weighted by Crippen LogP contribution is -2.21. The average Bonchev–Trinajstić information content (AvgIpc) is 3.00. The number of hydrogen-bond donors (Lipinski definition) is 0. The minimum atomic E-state index is -6.09. The second-order valence-corrected chi connectivity index (χ2v) is 12.9. The summed E-state index contributed by atoms with van der Waals surface area (Å²) in [4.78, 5) is 0. The Balaban J connectivity index is 0.000000300. The van der Waals surface area contributed by atoms with Crippen molar-refractivity contribution in [3.8, 4) is 0 Å². The zero-order chi connectivity index (χ0) is 21.0. The van der Waals surface area contributed by atoms with Crippen molar-refractivity contribution in [3.63, 3.8) is 0 Å². The van der Waals surface area contributed by atoms with E-state index in [4.69, 9.17) is 13.0 Å². The fourth-order valence-electron chi connectivity index (χ4n) is 3.93. The Morgan fingerprint density at radius 3 is 1.50 bits per heavy atom. The molecule has 1 heterocycles. The zero-order valence-corrected chi connectivity index (χ0v) is 17.5. The second-order valence-electron chi connectivity index (χ2n) is 6.99. The van der Waals surface area contributed by atoms with Crippen LogP contribution in [0.15, 0.2) is 60.7 Å². The first-order valence-corrected chi connectivity index (χ1v) is 12.9. The summed E-state index contributed by atoms with van der Waals surface area (Å²) in [6, 6.07) is 22.4. The Kier molecular flexibility index (Phi) is 7.29. The lowest BCUT2D eigenvalue weighted by atomic mass is 10.0. The van der Waals surface area contributed by atoms with Gasteiger partial charge >= 0.3 is 5.51 Å². The van der Waals surface area contributed by atoms with Gasteiger partial charge in [0.1, 0.15) is 0 Å². The van der Waals surface area contributed by atoms with Crippen LogP contribution in [0.4, 0.5) is 13.2 Å². The molecule has 2 atom stereocenters. The standard InChI is InChI=1S/C19H24P.CHF3O3S/c1-3-20(2)18(16-10-6-4-7-11-16)14-15-19(20)17-12-8-5-9-13-17;2-1(3,4)8(5,6)7/h4-13,18-19H,3,14-15H2,1-2H3;(H,5,6,7)/q+1;/p-1/t18-,19-;/m1./s1. The molecule has 0 aliphatic carbocycles. The lowest BCUT2D eigenvalue weighted by molar-refractivity contribution is -0.0517. The highest BCUT2D eigenvalue weighted by Crippen LogP contribution is 2.82. The van der Waals surface area contributed by atoms with Crippen LogP contribution in [0.25, 0.3) is 0 Å². The summed E-state index contributed by atoms with van der Waals surface area (Å²) >= 11 is 0. The molecule has 1 aliphatic heterocycles. The minimum Gasteiger partial charge on any atom is -0.741 e. The van der Waals surface area contributed by atoms with Crippen LogP contribution in [0.2, 0.25) is 0 Å². The maximum Gasteiger partial charge on any atom is 0.485 e. The van der Waals surface area contributed by atoms with E-state index in [1.54, 1.807) is 11.1 Å². The Bertz CT molecular complexity index is 808. The predicted molar refractivity (Wildman–Crippen MR) is 107 cm³/mol. The quantitative estimate of drug-likeness (QED) is 0.341. The molecule has 0 unspecified atom stereocenters. The van der Waals surface area contributed by atoms with Crippen LogP contribution < -0.4 is 0 Å². The van der Waals surface area contributed by atoms with E-state index in [9.17, 15) is 13.2 Å². The number of halogens is 3. The third-order valence-electron chi connectivity index (χ3n) is 5.47. The summed E-state index contributed by atoms with van der Waals surface area (Å²) < 4.78 is 58.9. The molecule has 1 saturated heterocycles. The van der Waals surface area contributed by atoms with E-state index in [1.165, 1.54) is 19.0 Å². The van der Waals surface area contributed by atoms with Crippen LogP contribution in [0, 0.1) is 0 Å². The molecule has 0 amide bonds. The zero-order valence-electron chi connectivity index (χ0n) is 15.8. The van der Waals surface area contributed by atoms with Gasteiger partial charge in [0, 0.05) is 7.26 Å². The SMILES string of the molecule is CC[P+]1(C)[C@@H](c2ccccc2)CC[C@@H]1c1ccccc1.O=S(=O)([O-])C(F)(F)F. The topological polar surface area (TPSA) is 57.2 Å². The highest BCUT2D eigenvalue weighted by molar-refractivity contribution is 7.86. The van der Waals surface area contributed by atoms with Crippen molar-refractivity contribution in [1.82, 2.24) is 0 Å². The largest absolute Gasteiger partial charge is 0.741 e. The third kappa shape index (κ3) is 5.13. The maximum absolute atomic E-state index is 10.7. The minimum absolute atomic E-state index is 0.805. The van der Waals surface area contributed by atoms with Crippen molar-refractivity contribution in [2.45, 2.75) is 36.6 Å². The van der Waals surface area contributed by atoms with Gasteiger partial charge in [0.05, 0.1) is 24.1 Å². The molecule has 0 aromatic heterocycles. The van der Waals surface area contributed by atoms with Crippen molar-refractivity contribution in [2.75, 3.05) is 12.8 Å². The number of rotatable bonds is 3. The van der Waals surface area contributed by atoms with Gasteiger partial charge in [-0.3, -0.25) is 0 Å². The second kappa shape index (κ2) is 8.93. The highest BCUT2D eigenvalue weighted by Gasteiger charge is 2.53. The van der Waals surface area contributed by atoms with Crippen LogP contribution in [-0.4, -0.2) is 31.3 Å². The fraction of sp³-hybridized carbons (Fsp3) is 0.400. The van der Waals surface area contributed by atoms with E-state index < -0.39 is 22.9 Å². The summed E-state index contributed by atoms with van der Waals surface area (Å²) in [5, 5.41) is 0. The summed E-state index contributed by atoms with van der Waals surface area (Å²) in [7, 11) is -7.06. The smallest absolute Gasteiger partial charge is 0.485 e. The van der Waals surface area contributed by atoms with Gasteiger partial charge in [-0.15, -0.1) is 0 Å². The van der Waals surface area contributed by atoms with Crippen molar-refractivity contribution in [2.24, 2.45) is 0 Å². The number of hydrogen-bond acceptors (Lipinski definition) is 3. The molecule has 0 saturated carbocycles. The van der Waals surface area contributed by atoms with Crippen LogP contribution in [0.1, 0.15) is 42.2 Å². The Morgan fingerprint density at radius 2 is 1.25 bits per heavy atom. The van der Waals surface area contributed by atoms with Gasteiger partial charge in [-0.1, -0.05) is 60.7 Å². The van der Waals surface area contributed by atoms with E-state index in [0.717, 1.165) is 11.3 Å². The van der Waals surface area contributed by atoms with Crippen LogP contribution in [-0.2, 0) is 10.1 Å². The normalized spacial score (nSPS) is 21.6. The molecule has 1 fully saturated rings. The first-order chi connectivity index (χ1) is 13.0. The summed E-state index contributed by atoms with van der Waals surface area (Å²) in [6.45, 7) is 5.01. The first-order valence-electron chi connectivity index (χ1n) is 8.97. The molecule has 1 aliphatic rings.